The first kappa shape index (κ1) is 38.2. The van der Waals surface area contributed by atoms with Gasteiger partial charge in [-0.05, 0) is 31.4 Å². The molecule has 5 aromatic heterocycles. The lowest BCUT2D eigenvalue weighted by Gasteiger charge is -2.12. The Bertz CT molecular complexity index is 2560. The van der Waals surface area contributed by atoms with Crippen LogP contribution >= 0.6 is 11.3 Å². The number of nitrogens with two attached hydrogens (primary N) is 2. The van der Waals surface area contributed by atoms with E-state index in [1.54, 1.807) is 35.1 Å². The van der Waals surface area contributed by atoms with Gasteiger partial charge in [0.15, 0.2) is 27.1 Å². The van der Waals surface area contributed by atoms with Crippen LogP contribution in [0, 0.1) is 13.8 Å². The normalized spacial score (nSPS) is 12.0. The molecule has 0 aliphatic carbocycles. The Hall–Kier alpha value is -6.50. The number of oxazole rings is 2. The van der Waals surface area contributed by atoms with E-state index in [-0.39, 0.29) is 46.6 Å². The molecule has 55 heavy (non-hydrogen) atoms. The number of fused-ring (bicyclic) bond motifs is 2. The van der Waals surface area contributed by atoms with Crippen molar-refractivity contribution in [2.75, 3.05) is 11.9 Å². The molecule has 5 N–H and O–H groups in total. The summed E-state index contributed by atoms with van der Waals surface area (Å²) in [4.78, 5) is 78.0. The van der Waals surface area contributed by atoms with Crippen LogP contribution in [0.3, 0.4) is 0 Å². The van der Waals surface area contributed by atoms with Gasteiger partial charge in [0.1, 0.15) is 17.0 Å². The molecule has 6 aromatic rings. The second-order valence-electron chi connectivity index (χ2n) is 12.3. The number of carbonyl (C=O) groups is 4. The molecule has 0 saturated heterocycles. The molecule has 0 radical (unpaired) electrons. The van der Waals surface area contributed by atoms with E-state index in [9.17, 15) is 19.2 Å². The quantitative estimate of drug-likeness (QED) is 0.0982. The number of allylic oxidation sites excluding steroid dienone is 2. The predicted molar refractivity (Wildman–Crippen MR) is 201 cm³/mol. The minimum atomic E-state index is -0.755. The molecule has 0 fully saturated rings. The number of nitrogens with one attached hydrogen (secondary N) is 1. The number of primary amides is 2. The average Bonchev–Trinajstić information content (AvgIpc) is 3.92. The van der Waals surface area contributed by atoms with E-state index in [4.69, 9.17) is 25.0 Å². The summed E-state index contributed by atoms with van der Waals surface area (Å²) < 4.78 is 20.7. The van der Waals surface area contributed by atoms with E-state index >= 15 is 0 Å². The van der Waals surface area contributed by atoms with Crippen LogP contribution in [0.5, 0.6) is 5.75 Å². The van der Waals surface area contributed by atoms with Crippen molar-refractivity contribution in [3.63, 3.8) is 0 Å². The van der Waals surface area contributed by atoms with E-state index in [1.807, 2.05) is 26.8 Å². The number of aromatic nitrogens is 7. The molecule has 5 heterocycles. The minimum absolute atomic E-state index is 0.0304. The van der Waals surface area contributed by atoms with E-state index in [1.165, 1.54) is 12.3 Å². The van der Waals surface area contributed by atoms with Gasteiger partial charge in [0.2, 0.25) is 23.4 Å². The van der Waals surface area contributed by atoms with Crippen LogP contribution in [-0.4, -0.2) is 64.3 Å². The fourth-order valence-electron chi connectivity index (χ4n) is 5.72. The first-order valence-electron chi connectivity index (χ1n) is 17.5. The number of hydrogen-bond donors (Lipinski definition) is 3. The second kappa shape index (κ2) is 16.3. The molecule has 19 heteroatoms. The first-order valence-corrected chi connectivity index (χ1v) is 18.3. The number of amides is 4. The number of rotatable bonds is 15. The lowest BCUT2D eigenvalue weighted by molar-refractivity contribution is 0.0965. The van der Waals surface area contributed by atoms with Gasteiger partial charge < -0.3 is 29.6 Å². The number of ether oxygens (including phenoxy) is 1. The molecule has 4 amide bonds. The molecule has 0 atom stereocenters. The van der Waals surface area contributed by atoms with Gasteiger partial charge in [0.25, 0.3) is 11.8 Å². The third-order valence-corrected chi connectivity index (χ3v) is 9.30. The van der Waals surface area contributed by atoms with Gasteiger partial charge in [-0.1, -0.05) is 50.7 Å². The summed E-state index contributed by atoms with van der Waals surface area (Å²) in [6.07, 6.45) is 7.43. The number of unbranched alkanes of at least 4 members (excludes halogenated alkanes) is 1. The first-order chi connectivity index (χ1) is 26.4. The third kappa shape index (κ3) is 8.05. The number of thiazole rings is 1. The SMILES string of the molecule is CCCCOc1cc(C(N)=O)cc2nc(NC(=O)c3oc(C)nc3CC)n(C/C=C/Cn3c(=NC(=O)c4oc(C)nc4CC)sc4nc(C(N)=O)cnc43)c12. The lowest BCUT2D eigenvalue weighted by atomic mass is 10.1. The number of nitrogens with zero attached hydrogens (tertiary/aromatic N) is 8. The van der Waals surface area contributed by atoms with Crippen molar-refractivity contribution in [3.8, 4) is 5.75 Å². The molecular weight excluding hydrogens is 731 g/mol. The standard InChI is InChI=1S/C36H39N11O7S/c1-6-9-14-52-25-16-20(29(37)48)15-23-26(25)46(35(43-23)44-32(50)27-21(7-2)40-18(4)53-27)12-10-11-13-47-31-34(42-24(17-39-31)30(38)49)55-36(47)45-33(51)28-22(8-3)41-19(5)54-28/h10-11,15-17H,6-9,12-14H2,1-5H3,(H2,37,48)(H2,38,49)(H,43,44,50)/b11-10+,45-36?. The molecule has 286 valence electrons. The summed E-state index contributed by atoms with van der Waals surface area (Å²) in [5, 5.41) is 2.85. The Labute approximate surface area is 317 Å². The third-order valence-electron chi connectivity index (χ3n) is 8.34. The zero-order valence-corrected chi connectivity index (χ0v) is 31.7. The van der Waals surface area contributed by atoms with E-state index in [2.05, 4.69) is 35.2 Å². The monoisotopic (exact) mass is 769 g/mol. The van der Waals surface area contributed by atoms with Crippen LogP contribution in [0.15, 0.2) is 44.3 Å². The van der Waals surface area contributed by atoms with Gasteiger partial charge in [-0.15, -0.1) is 0 Å². The summed E-state index contributed by atoms with van der Waals surface area (Å²) in [6, 6.07) is 3.09. The van der Waals surface area contributed by atoms with Crippen molar-refractivity contribution in [3.05, 3.63) is 81.2 Å². The fourth-order valence-corrected chi connectivity index (χ4v) is 6.69. The van der Waals surface area contributed by atoms with Crippen molar-refractivity contribution in [2.24, 2.45) is 16.5 Å². The fraction of sp³-hybridized carbons (Fsp3) is 0.333. The van der Waals surface area contributed by atoms with E-state index in [0.29, 0.717) is 69.9 Å². The van der Waals surface area contributed by atoms with Crippen LogP contribution in [0.25, 0.3) is 21.5 Å². The molecule has 0 aliphatic rings. The largest absolute Gasteiger partial charge is 0.491 e. The number of carbonyl (C=O) groups excluding carboxylic acids is 4. The topological polar surface area (TPSA) is 255 Å². The predicted octanol–water partition coefficient (Wildman–Crippen LogP) is 4.19. The Morgan fingerprint density at radius 1 is 0.909 bits per heavy atom. The van der Waals surface area contributed by atoms with Crippen molar-refractivity contribution >= 4 is 62.4 Å². The number of aryl methyl sites for hydroxylation is 4. The maximum atomic E-state index is 13.5. The lowest BCUT2D eigenvalue weighted by Crippen LogP contribution is -2.18. The van der Waals surface area contributed by atoms with Crippen molar-refractivity contribution in [1.82, 2.24) is 34.1 Å². The van der Waals surface area contributed by atoms with Gasteiger partial charge in [-0.3, -0.25) is 29.1 Å². The van der Waals surface area contributed by atoms with Crippen LogP contribution in [0.2, 0.25) is 0 Å². The van der Waals surface area contributed by atoms with Crippen molar-refractivity contribution in [2.45, 2.75) is 73.4 Å². The number of benzene rings is 1. The number of hydrogen-bond acceptors (Lipinski definition) is 13. The van der Waals surface area contributed by atoms with Crippen LogP contribution in [-0.2, 0) is 25.9 Å². The van der Waals surface area contributed by atoms with Gasteiger partial charge in [0, 0.05) is 32.5 Å². The van der Waals surface area contributed by atoms with E-state index < -0.39 is 23.6 Å². The summed E-state index contributed by atoms with van der Waals surface area (Å²) in [6.45, 7) is 9.73. The molecular formula is C36H39N11O7S. The summed E-state index contributed by atoms with van der Waals surface area (Å²) in [5.74, 6) is -1.33. The summed E-state index contributed by atoms with van der Waals surface area (Å²) >= 11 is 1.05. The minimum Gasteiger partial charge on any atom is -0.491 e. The molecule has 0 spiro atoms. The zero-order chi connectivity index (χ0) is 39.4. The Kier molecular flexibility index (Phi) is 11.3. The Morgan fingerprint density at radius 2 is 1.58 bits per heavy atom. The molecule has 0 unspecified atom stereocenters. The molecule has 18 nitrogen and oxygen atoms in total. The van der Waals surface area contributed by atoms with Crippen LogP contribution in [0.4, 0.5) is 5.95 Å². The molecule has 0 saturated carbocycles. The zero-order valence-electron chi connectivity index (χ0n) is 30.8. The van der Waals surface area contributed by atoms with Crippen LogP contribution in [0.1, 0.15) is 98.7 Å². The maximum absolute atomic E-state index is 13.5. The van der Waals surface area contributed by atoms with Gasteiger partial charge >= 0.3 is 5.91 Å². The second-order valence-corrected chi connectivity index (χ2v) is 13.2. The molecule has 6 rings (SSSR count). The smallest absolute Gasteiger partial charge is 0.317 e. The maximum Gasteiger partial charge on any atom is 0.317 e. The van der Waals surface area contributed by atoms with Crippen molar-refractivity contribution in [1.29, 1.82) is 0 Å². The van der Waals surface area contributed by atoms with Gasteiger partial charge in [0.05, 0.1) is 29.7 Å². The Morgan fingerprint density at radius 3 is 2.24 bits per heavy atom. The van der Waals surface area contributed by atoms with E-state index in [0.717, 1.165) is 24.2 Å². The van der Waals surface area contributed by atoms with Gasteiger partial charge in [-0.25, -0.2) is 24.9 Å². The average molecular weight is 770 g/mol. The summed E-state index contributed by atoms with van der Waals surface area (Å²) in [7, 11) is 0. The highest BCUT2D eigenvalue weighted by atomic mass is 32.1. The molecule has 0 aliphatic heterocycles. The molecule has 0 bridgehead atoms. The van der Waals surface area contributed by atoms with Crippen molar-refractivity contribution < 1.29 is 32.7 Å². The number of imidazole rings is 1. The number of anilines is 1. The van der Waals surface area contributed by atoms with Gasteiger partial charge in [-0.2, -0.15) is 4.99 Å². The Balaban J connectivity index is 1.41. The highest BCUT2D eigenvalue weighted by Crippen LogP contribution is 2.32. The van der Waals surface area contributed by atoms with Crippen LogP contribution < -0.4 is 26.3 Å². The summed E-state index contributed by atoms with van der Waals surface area (Å²) in [5.41, 5.74) is 13.5. The highest BCUT2D eigenvalue weighted by Gasteiger charge is 2.24. The molecule has 1 aromatic carbocycles. The highest BCUT2D eigenvalue weighted by molar-refractivity contribution is 7.15.